The largest absolute Gasteiger partial charge is 0.331 e. The summed E-state index contributed by atoms with van der Waals surface area (Å²) >= 11 is 5.92. The molecule has 1 aromatic carbocycles. The molecule has 1 saturated heterocycles. The Morgan fingerprint density at radius 3 is 2.17 bits per heavy atom. The molecule has 1 aliphatic rings. The average molecular weight is 353 g/mol. The fourth-order valence-corrected chi connectivity index (χ4v) is 2.87. The molecule has 1 atom stereocenters. The molecular formula is C17H25ClN4O2. The van der Waals surface area contributed by atoms with Crippen molar-refractivity contribution in [1.82, 2.24) is 20.0 Å². The van der Waals surface area contributed by atoms with Gasteiger partial charge in [0, 0.05) is 45.3 Å². The summed E-state index contributed by atoms with van der Waals surface area (Å²) in [6, 6.07) is 7.39. The lowest BCUT2D eigenvalue weighted by atomic mass is 10.1. The van der Waals surface area contributed by atoms with E-state index < -0.39 is 0 Å². The number of benzene rings is 1. The molecule has 1 heterocycles. The van der Waals surface area contributed by atoms with Crippen LogP contribution >= 0.6 is 11.6 Å². The first kappa shape index (κ1) is 18.4. The Bertz CT molecular complexity index is 568. The van der Waals surface area contributed by atoms with E-state index in [4.69, 9.17) is 11.6 Å². The van der Waals surface area contributed by atoms with Crippen molar-refractivity contribution in [2.75, 3.05) is 40.3 Å². The lowest BCUT2D eigenvalue weighted by Crippen LogP contribution is -2.55. The van der Waals surface area contributed by atoms with Gasteiger partial charge in [0.25, 0.3) is 0 Å². The first-order valence-corrected chi connectivity index (χ1v) is 8.57. The Balaban J connectivity index is 1.90. The van der Waals surface area contributed by atoms with Gasteiger partial charge in [-0.15, -0.1) is 0 Å². The maximum Gasteiger partial charge on any atom is 0.319 e. The molecule has 1 aromatic rings. The molecule has 2 rings (SSSR count). The van der Waals surface area contributed by atoms with Crippen LogP contribution in [-0.4, -0.2) is 67.0 Å². The second kappa shape index (κ2) is 8.24. The molecule has 0 spiro atoms. The highest BCUT2D eigenvalue weighted by Gasteiger charge is 2.26. The SMILES string of the molecule is CCC(NC(=O)N1CCN(C(=O)N(C)C)CC1)c1ccc(Cl)cc1. The summed E-state index contributed by atoms with van der Waals surface area (Å²) < 4.78 is 0. The summed E-state index contributed by atoms with van der Waals surface area (Å²) in [6.07, 6.45) is 0.798. The van der Waals surface area contributed by atoms with Crippen LogP contribution in [-0.2, 0) is 0 Å². The summed E-state index contributed by atoms with van der Waals surface area (Å²) in [5.74, 6) is 0. The molecule has 0 aromatic heterocycles. The van der Waals surface area contributed by atoms with Gasteiger partial charge < -0.3 is 20.0 Å². The van der Waals surface area contributed by atoms with Crippen molar-refractivity contribution in [3.05, 3.63) is 34.9 Å². The number of piperazine rings is 1. The number of hydrogen-bond donors (Lipinski definition) is 1. The molecule has 7 heteroatoms. The number of nitrogens with one attached hydrogen (secondary N) is 1. The van der Waals surface area contributed by atoms with Crippen molar-refractivity contribution in [2.45, 2.75) is 19.4 Å². The third-order valence-electron chi connectivity index (χ3n) is 4.20. The van der Waals surface area contributed by atoms with Crippen molar-refractivity contribution in [3.8, 4) is 0 Å². The van der Waals surface area contributed by atoms with Crippen LogP contribution in [0.3, 0.4) is 0 Å². The fraction of sp³-hybridized carbons (Fsp3) is 0.529. The number of urea groups is 2. The third kappa shape index (κ3) is 4.54. The van der Waals surface area contributed by atoms with Crippen molar-refractivity contribution >= 4 is 23.7 Å². The quantitative estimate of drug-likeness (QED) is 0.909. The van der Waals surface area contributed by atoms with Gasteiger partial charge in [-0.05, 0) is 24.1 Å². The van der Waals surface area contributed by atoms with Crippen LogP contribution in [0.15, 0.2) is 24.3 Å². The summed E-state index contributed by atoms with van der Waals surface area (Å²) in [6.45, 7) is 4.24. The van der Waals surface area contributed by atoms with Crippen LogP contribution in [0.2, 0.25) is 5.02 Å². The molecule has 6 nitrogen and oxygen atoms in total. The highest BCUT2D eigenvalue weighted by Crippen LogP contribution is 2.19. The molecule has 0 bridgehead atoms. The Morgan fingerprint density at radius 2 is 1.67 bits per heavy atom. The second-order valence-electron chi connectivity index (χ2n) is 6.11. The van der Waals surface area contributed by atoms with E-state index in [-0.39, 0.29) is 18.1 Å². The third-order valence-corrected chi connectivity index (χ3v) is 4.45. The molecule has 132 valence electrons. The van der Waals surface area contributed by atoms with Crippen LogP contribution in [0.4, 0.5) is 9.59 Å². The van der Waals surface area contributed by atoms with Gasteiger partial charge in [-0.2, -0.15) is 0 Å². The fourth-order valence-electron chi connectivity index (χ4n) is 2.74. The van der Waals surface area contributed by atoms with E-state index in [0.29, 0.717) is 31.2 Å². The smallest absolute Gasteiger partial charge is 0.319 e. The van der Waals surface area contributed by atoms with Crippen molar-refractivity contribution in [3.63, 3.8) is 0 Å². The molecule has 0 radical (unpaired) electrons. The van der Waals surface area contributed by atoms with Crippen molar-refractivity contribution in [1.29, 1.82) is 0 Å². The molecule has 1 fully saturated rings. The summed E-state index contributed by atoms with van der Waals surface area (Å²) in [5.41, 5.74) is 1.04. The minimum atomic E-state index is -0.0891. The van der Waals surface area contributed by atoms with E-state index >= 15 is 0 Å². The number of hydrogen-bond acceptors (Lipinski definition) is 2. The molecular weight excluding hydrogens is 328 g/mol. The van der Waals surface area contributed by atoms with Crippen molar-refractivity contribution < 1.29 is 9.59 Å². The molecule has 24 heavy (non-hydrogen) atoms. The monoisotopic (exact) mass is 352 g/mol. The first-order valence-electron chi connectivity index (χ1n) is 8.19. The van der Waals surface area contributed by atoms with Crippen molar-refractivity contribution in [2.24, 2.45) is 0 Å². The highest BCUT2D eigenvalue weighted by molar-refractivity contribution is 6.30. The van der Waals surface area contributed by atoms with Gasteiger partial charge in [-0.3, -0.25) is 0 Å². The number of halogens is 1. The normalized spacial score (nSPS) is 15.8. The molecule has 1 aliphatic heterocycles. The summed E-state index contributed by atoms with van der Waals surface area (Å²) in [5, 5.41) is 3.75. The predicted octanol–water partition coefficient (Wildman–Crippen LogP) is 2.80. The topological polar surface area (TPSA) is 55.9 Å². The standard InChI is InChI=1S/C17H25ClN4O2/c1-4-15(13-5-7-14(18)8-6-13)19-16(23)21-9-11-22(12-10-21)17(24)20(2)3/h5-8,15H,4,9-12H2,1-3H3,(H,19,23). The number of carbonyl (C=O) groups is 2. The zero-order valence-corrected chi connectivity index (χ0v) is 15.2. The number of rotatable bonds is 3. The lowest BCUT2D eigenvalue weighted by Gasteiger charge is -2.36. The second-order valence-corrected chi connectivity index (χ2v) is 6.55. The van der Waals surface area contributed by atoms with Crippen LogP contribution in [0.5, 0.6) is 0 Å². The van der Waals surface area contributed by atoms with Gasteiger partial charge in [-0.1, -0.05) is 30.7 Å². The average Bonchev–Trinajstić information content (AvgIpc) is 2.59. The van der Waals surface area contributed by atoms with E-state index in [9.17, 15) is 9.59 Å². The van der Waals surface area contributed by atoms with E-state index in [0.717, 1.165) is 12.0 Å². The van der Waals surface area contributed by atoms with Crippen LogP contribution < -0.4 is 5.32 Å². The van der Waals surface area contributed by atoms with Crippen LogP contribution in [0.1, 0.15) is 24.9 Å². The van der Waals surface area contributed by atoms with E-state index in [1.807, 2.05) is 31.2 Å². The number of amides is 4. The minimum Gasteiger partial charge on any atom is -0.331 e. The van der Waals surface area contributed by atoms with Gasteiger partial charge in [0.05, 0.1) is 6.04 Å². The molecule has 0 saturated carbocycles. The Hall–Kier alpha value is -1.95. The van der Waals surface area contributed by atoms with Crippen LogP contribution in [0.25, 0.3) is 0 Å². The minimum absolute atomic E-state index is 0.0114. The Morgan fingerprint density at radius 1 is 1.12 bits per heavy atom. The van der Waals surface area contributed by atoms with Gasteiger partial charge in [0.2, 0.25) is 0 Å². The first-order chi connectivity index (χ1) is 11.4. The maximum absolute atomic E-state index is 12.5. The zero-order valence-electron chi connectivity index (χ0n) is 14.5. The number of carbonyl (C=O) groups excluding carboxylic acids is 2. The molecule has 1 unspecified atom stereocenters. The van der Waals surface area contributed by atoms with Gasteiger partial charge in [0.1, 0.15) is 0 Å². The number of nitrogens with zero attached hydrogens (tertiary/aromatic N) is 3. The zero-order chi connectivity index (χ0) is 17.7. The summed E-state index contributed by atoms with van der Waals surface area (Å²) in [4.78, 5) is 29.5. The van der Waals surface area contributed by atoms with E-state index in [1.165, 1.54) is 0 Å². The Labute approximate surface area is 148 Å². The van der Waals surface area contributed by atoms with Crippen LogP contribution in [0, 0.1) is 0 Å². The van der Waals surface area contributed by atoms with E-state index in [1.54, 1.807) is 28.8 Å². The Kier molecular flexibility index (Phi) is 6.31. The maximum atomic E-state index is 12.5. The molecule has 4 amide bonds. The predicted molar refractivity (Wildman–Crippen MR) is 95.2 cm³/mol. The highest BCUT2D eigenvalue weighted by atomic mass is 35.5. The molecule has 1 N–H and O–H groups in total. The summed E-state index contributed by atoms with van der Waals surface area (Å²) in [7, 11) is 3.47. The van der Waals surface area contributed by atoms with Gasteiger partial charge >= 0.3 is 12.1 Å². The van der Waals surface area contributed by atoms with Gasteiger partial charge in [0.15, 0.2) is 0 Å². The van der Waals surface area contributed by atoms with E-state index in [2.05, 4.69) is 5.32 Å². The molecule has 0 aliphatic carbocycles. The van der Waals surface area contributed by atoms with Gasteiger partial charge in [-0.25, -0.2) is 9.59 Å². The lowest BCUT2D eigenvalue weighted by molar-refractivity contribution is 0.127.